The fourth-order valence-electron chi connectivity index (χ4n) is 7.17. The maximum atomic E-state index is 14.6. The van der Waals surface area contributed by atoms with Crippen molar-refractivity contribution >= 4 is 29.0 Å². The lowest BCUT2D eigenvalue weighted by molar-refractivity contribution is -0.181. The molecule has 228 valence electrons. The number of primary amides is 1. The first kappa shape index (κ1) is 30.5. The van der Waals surface area contributed by atoms with Gasteiger partial charge >= 0.3 is 6.18 Å². The van der Waals surface area contributed by atoms with E-state index in [1.807, 2.05) is 0 Å². The molecule has 1 amide bonds. The third-order valence-electron chi connectivity index (χ3n) is 8.92. The quantitative estimate of drug-likeness (QED) is 0.356. The Bertz CT molecular complexity index is 1540. The van der Waals surface area contributed by atoms with Gasteiger partial charge in [0.15, 0.2) is 34.7 Å². The second-order valence-electron chi connectivity index (χ2n) is 11.7. The highest BCUT2D eigenvalue weighted by molar-refractivity contribution is 6.32. The lowest BCUT2D eigenvalue weighted by Crippen LogP contribution is -2.74. The van der Waals surface area contributed by atoms with Crippen LogP contribution >= 0.6 is 0 Å². The number of halogens is 3. The molecular weight excluding hydrogens is 571 g/mol. The number of phenolic OH excluding ortho intramolecular Hbond substituents is 1. The van der Waals surface area contributed by atoms with Crippen molar-refractivity contribution in [3.8, 4) is 5.75 Å². The number of phenols is 1. The van der Waals surface area contributed by atoms with Crippen LogP contribution in [0.1, 0.15) is 39.0 Å². The molecule has 2 aromatic rings. The summed E-state index contributed by atoms with van der Waals surface area (Å²) < 4.78 is 43.8. The first-order valence-electron chi connectivity index (χ1n) is 13.6. The van der Waals surface area contributed by atoms with E-state index in [2.05, 4.69) is 5.32 Å². The largest absolute Gasteiger partial charge is 0.507 e. The number of nitrogens with zero attached hydrogens (tertiary/aromatic N) is 1. The zero-order valence-electron chi connectivity index (χ0n) is 23.3. The van der Waals surface area contributed by atoms with Gasteiger partial charge in [0.25, 0.3) is 0 Å². The molecule has 3 aliphatic rings. The molecule has 0 aliphatic heterocycles. The molecule has 0 radical (unpaired) electrons. The van der Waals surface area contributed by atoms with Gasteiger partial charge in [-0.2, -0.15) is 13.2 Å². The average molecular weight is 602 g/mol. The molecule has 0 bridgehead atoms. The average Bonchev–Trinajstić information content (AvgIpc) is 2.90. The SMILES string of the molecule is CN(C)[C@@H]1C(=O)C(C(N)=O)C(=O)[C@@]2(O)C(=O)C3C(=O)c4c(O)cc(CNCc5ccccc5)c(C(F)(F)F)c4C[C@H]3C[C@@H]12. The topological polar surface area (TPSA) is 167 Å². The second kappa shape index (κ2) is 10.6. The van der Waals surface area contributed by atoms with Crippen LogP contribution in [-0.2, 0) is 44.9 Å². The third-order valence-corrected chi connectivity index (χ3v) is 8.92. The van der Waals surface area contributed by atoms with Crippen LogP contribution in [0.3, 0.4) is 0 Å². The van der Waals surface area contributed by atoms with Crippen molar-refractivity contribution in [2.75, 3.05) is 14.1 Å². The minimum atomic E-state index is -4.94. The number of amides is 1. The van der Waals surface area contributed by atoms with E-state index in [1.54, 1.807) is 30.3 Å². The number of carbonyl (C=O) groups excluding carboxylic acids is 5. The molecule has 2 unspecified atom stereocenters. The first-order chi connectivity index (χ1) is 20.1. The minimum absolute atomic E-state index is 0.231. The fraction of sp³-hybridized carbons (Fsp3) is 0.433. The molecule has 5 N–H and O–H groups in total. The first-order valence-corrected chi connectivity index (χ1v) is 13.6. The van der Waals surface area contributed by atoms with Crippen molar-refractivity contribution in [3.05, 3.63) is 64.2 Å². The molecule has 2 fully saturated rings. The minimum Gasteiger partial charge on any atom is -0.507 e. The Labute approximate surface area is 244 Å². The lowest BCUT2D eigenvalue weighted by Gasteiger charge is -2.52. The maximum absolute atomic E-state index is 14.6. The summed E-state index contributed by atoms with van der Waals surface area (Å²) in [6.07, 6.45) is -5.77. The molecule has 2 aromatic carbocycles. The number of aromatic hydroxyl groups is 1. The monoisotopic (exact) mass is 601 g/mol. The Morgan fingerprint density at radius 1 is 1.09 bits per heavy atom. The van der Waals surface area contributed by atoms with Crippen molar-refractivity contribution in [3.63, 3.8) is 0 Å². The summed E-state index contributed by atoms with van der Waals surface area (Å²) >= 11 is 0. The van der Waals surface area contributed by atoms with Gasteiger partial charge in [-0.1, -0.05) is 30.3 Å². The molecule has 0 saturated heterocycles. The molecule has 13 heteroatoms. The molecule has 0 aromatic heterocycles. The summed E-state index contributed by atoms with van der Waals surface area (Å²) in [6, 6.07) is 8.40. The number of likely N-dealkylation sites (N-methyl/N-ethyl adjacent to an activating group) is 1. The zero-order valence-corrected chi connectivity index (χ0v) is 23.3. The number of nitrogens with two attached hydrogens (primary N) is 1. The molecular formula is C30H30F3N3O7. The number of Topliss-reactive ketones (excluding diaryl/α,β-unsaturated/α-hetero) is 4. The zero-order chi connectivity index (χ0) is 31.6. The Morgan fingerprint density at radius 2 is 1.74 bits per heavy atom. The van der Waals surface area contributed by atoms with E-state index in [1.165, 1.54) is 19.0 Å². The summed E-state index contributed by atoms with van der Waals surface area (Å²) in [5.74, 6) is -13.5. The van der Waals surface area contributed by atoms with E-state index in [0.717, 1.165) is 11.6 Å². The Kier molecular flexibility index (Phi) is 7.56. The van der Waals surface area contributed by atoms with Gasteiger partial charge in [0.1, 0.15) is 5.75 Å². The Hall–Kier alpha value is -3.94. The number of hydrogen-bond acceptors (Lipinski definition) is 9. The van der Waals surface area contributed by atoms with Gasteiger partial charge in [0.05, 0.1) is 23.1 Å². The predicted molar refractivity (Wildman–Crippen MR) is 143 cm³/mol. The van der Waals surface area contributed by atoms with Crippen molar-refractivity contribution < 1.29 is 47.4 Å². The van der Waals surface area contributed by atoms with E-state index in [9.17, 15) is 47.4 Å². The number of nitrogens with one attached hydrogen (secondary N) is 1. The number of carbonyl (C=O) groups is 5. The fourth-order valence-corrected chi connectivity index (χ4v) is 7.17. The molecule has 43 heavy (non-hydrogen) atoms. The molecule has 5 rings (SSSR count). The van der Waals surface area contributed by atoms with Gasteiger partial charge in [-0.25, -0.2) is 0 Å². The van der Waals surface area contributed by atoms with E-state index in [0.29, 0.717) is 0 Å². The molecule has 6 atom stereocenters. The lowest BCUT2D eigenvalue weighted by atomic mass is 9.52. The summed E-state index contributed by atoms with van der Waals surface area (Å²) in [7, 11) is 2.84. The summed E-state index contributed by atoms with van der Waals surface area (Å²) in [4.78, 5) is 67.4. The number of ketones is 4. The van der Waals surface area contributed by atoms with Crippen LogP contribution in [0.5, 0.6) is 5.75 Å². The maximum Gasteiger partial charge on any atom is 0.417 e. The van der Waals surface area contributed by atoms with Crippen LogP contribution in [0.2, 0.25) is 0 Å². The summed E-state index contributed by atoms with van der Waals surface area (Å²) in [5.41, 5.74) is 0.533. The number of benzene rings is 2. The van der Waals surface area contributed by atoms with E-state index in [-0.39, 0.29) is 25.1 Å². The van der Waals surface area contributed by atoms with Crippen LogP contribution in [-0.4, -0.2) is 69.9 Å². The standard InChI is InChI=1S/C30H30F3N3O7/c1-36(2)23-17-9-14-8-16-20(24(38)19(14)26(40)29(17,43)27(41)21(25(23)39)28(34)42)18(37)10-15(22(16)30(31,32)33)12-35-11-13-6-4-3-5-7-13/h3-7,10,14,17,19,21,23,35,37,43H,8-9,11-12H2,1-2H3,(H2,34,42)/t14-,17-,19?,21?,23-,29-/m0/s1. The van der Waals surface area contributed by atoms with Crippen molar-refractivity contribution in [1.82, 2.24) is 10.2 Å². The summed E-state index contributed by atoms with van der Waals surface area (Å²) in [6.45, 7) is -0.0664. The number of alkyl halides is 3. The van der Waals surface area contributed by atoms with Gasteiger partial charge in [-0.05, 0) is 55.6 Å². The molecule has 3 aliphatic carbocycles. The normalized spacial score (nSPS) is 28.9. The van der Waals surface area contributed by atoms with Crippen molar-refractivity contribution in [2.24, 2.45) is 29.4 Å². The second-order valence-corrected chi connectivity index (χ2v) is 11.7. The van der Waals surface area contributed by atoms with Crippen LogP contribution in [0.25, 0.3) is 0 Å². The third kappa shape index (κ3) is 4.75. The van der Waals surface area contributed by atoms with Gasteiger partial charge < -0.3 is 21.3 Å². The molecule has 0 spiro atoms. The van der Waals surface area contributed by atoms with Crippen LogP contribution in [0.4, 0.5) is 13.2 Å². The molecule has 10 nitrogen and oxygen atoms in total. The van der Waals surface area contributed by atoms with Crippen LogP contribution < -0.4 is 11.1 Å². The van der Waals surface area contributed by atoms with E-state index in [4.69, 9.17) is 5.73 Å². The predicted octanol–water partition coefficient (Wildman–Crippen LogP) is 1.18. The number of hydrogen-bond donors (Lipinski definition) is 4. The van der Waals surface area contributed by atoms with Crippen LogP contribution in [0, 0.1) is 23.7 Å². The smallest absolute Gasteiger partial charge is 0.417 e. The van der Waals surface area contributed by atoms with Crippen molar-refractivity contribution in [2.45, 2.75) is 43.8 Å². The summed E-state index contributed by atoms with van der Waals surface area (Å²) in [5, 5.41) is 25.3. The molecule has 0 heterocycles. The molecule has 2 saturated carbocycles. The van der Waals surface area contributed by atoms with Gasteiger partial charge in [0.2, 0.25) is 5.91 Å². The van der Waals surface area contributed by atoms with Gasteiger partial charge in [0, 0.05) is 19.0 Å². The van der Waals surface area contributed by atoms with Gasteiger partial charge in [-0.3, -0.25) is 28.9 Å². The van der Waals surface area contributed by atoms with Gasteiger partial charge in [-0.15, -0.1) is 0 Å². The number of rotatable bonds is 6. The Morgan fingerprint density at radius 3 is 2.33 bits per heavy atom. The number of aliphatic hydroxyl groups is 1. The van der Waals surface area contributed by atoms with E-state index >= 15 is 0 Å². The highest BCUT2D eigenvalue weighted by atomic mass is 19.4. The Balaban J connectivity index is 1.58. The highest BCUT2D eigenvalue weighted by Crippen LogP contribution is 2.52. The highest BCUT2D eigenvalue weighted by Gasteiger charge is 2.69. The number of fused-ring (bicyclic) bond motifs is 3. The van der Waals surface area contributed by atoms with Crippen LogP contribution in [0.15, 0.2) is 36.4 Å². The van der Waals surface area contributed by atoms with Crippen molar-refractivity contribution in [1.29, 1.82) is 0 Å². The van der Waals surface area contributed by atoms with E-state index < -0.39 is 99.4 Å².